The number of aliphatic hydroxyl groups excluding tert-OH is 3. The molecule has 214 valence electrons. The second-order valence-corrected chi connectivity index (χ2v) is 11.2. The Morgan fingerprint density at radius 1 is 1.20 bits per heavy atom. The molecule has 1 amide bonds. The number of aromatic hydroxyl groups is 1. The minimum Gasteiger partial charge on any atom is -0.510 e. The second-order valence-electron chi connectivity index (χ2n) is 11.2. The zero-order valence-electron chi connectivity index (χ0n) is 22.1. The Morgan fingerprint density at radius 3 is 2.40 bits per heavy atom. The first kappa shape index (κ1) is 28.0. The number of amides is 1. The number of hydrogen-bond acceptors (Lipinski definition) is 10. The number of benzene rings is 1. The number of carbonyl (C=O) groups is 3. The third-order valence-electron chi connectivity index (χ3n) is 8.74. The van der Waals surface area contributed by atoms with Gasteiger partial charge in [0.05, 0.1) is 29.2 Å². The van der Waals surface area contributed by atoms with Gasteiger partial charge >= 0.3 is 0 Å². The van der Waals surface area contributed by atoms with Crippen molar-refractivity contribution in [2.45, 2.75) is 43.3 Å². The van der Waals surface area contributed by atoms with E-state index in [4.69, 9.17) is 5.73 Å². The van der Waals surface area contributed by atoms with Crippen molar-refractivity contribution in [3.63, 3.8) is 0 Å². The van der Waals surface area contributed by atoms with Gasteiger partial charge in [0.1, 0.15) is 29.0 Å². The molecule has 1 aromatic carbocycles. The highest BCUT2D eigenvalue weighted by molar-refractivity contribution is 6.25. The van der Waals surface area contributed by atoms with Gasteiger partial charge in [-0.25, -0.2) is 4.39 Å². The molecule has 0 saturated carbocycles. The average molecular weight is 558 g/mol. The highest BCUT2D eigenvalue weighted by atomic mass is 19.1. The summed E-state index contributed by atoms with van der Waals surface area (Å²) in [6, 6.07) is 1.82. The third-order valence-corrected chi connectivity index (χ3v) is 8.74. The number of nitrogens with two attached hydrogens (primary N) is 1. The molecule has 1 heterocycles. The number of likely N-dealkylation sites (tertiary alicyclic amines) is 1. The highest BCUT2D eigenvalue weighted by Crippen LogP contribution is 2.55. The Balaban J connectivity index is 1.66. The van der Waals surface area contributed by atoms with Gasteiger partial charge in [0.25, 0.3) is 5.91 Å². The number of ketones is 2. The molecular weight excluding hydrogens is 525 g/mol. The van der Waals surface area contributed by atoms with Crippen LogP contribution >= 0.6 is 0 Å². The first-order valence-corrected chi connectivity index (χ1v) is 13.0. The SMILES string of the molecule is C=C1c2ccc(CN3CCC(F)CC3)c(O)c2C(=O)C2=C(O)[C@]3(O)C(=O)C(C(N)=O)=C(O)[C@@H](N(C)C)[C@@H]3[C@@H](O)[C@H]12. The lowest BCUT2D eigenvalue weighted by Crippen LogP contribution is -2.68. The van der Waals surface area contributed by atoms with Crippen LogP contribution in [0.2, 0.25) is 0 Å². The van der Waals surface area contributed by atoms with E-state index in [0.29, 0.717) is 31.5 Å². The standard InChI is InChI=1S/C28H32FN3O8/c1-11-14-5-4-12(10-32-8-6-13(29)7-9-32)21(33)16(14)22(34)17-15(11)23(35)19-20(31(2)3)24(36)18(27(30)39)26(38)28(19,40)25(17)37/h4-5,13,15,19-20,23,33,35-37,40H,1,6-10H2,2-3H3,(H2,30,39)/t15-,19-,20+,23+,28+/m1/s1. The number of phenols is 1. The maximum atomic E-state index is 13.9. The van der Waals surface area contributed by atoms with E-state index in [1.165, 1.54) is 19.0 Å². The summed E-state index contributed by atoms with van der Waals surface area (Å²) in [6.45, 7) is 5.17. The average Bonchev–Trinajstić information content (AvgIpc) is 2.88. The largest absolute Gasteiger partial charge is 0.510 e. The van der Waals surface area contributed by atoms with Crippen LogP contribution in [0.3, 0.4) is 0 Å². The Bertz CT molecular complexity index is 1410. The molecule has 5 rings (SSSR count). The summed E-state index contributed by atoms with van der Waals surface area (Å²) >= 11 is 0. The van der Waals surface area contributed by atoms with Crippen LogP contribution in [-0.4, -0.2) is 104 Å². The molecule has 1 saturated heterocycles. The third kappa shape index (κ3) is 3.74. The van der Waals surface area contributed by atoms with Gasteiger partial charge in [0.15, 0.2) is 11.4 Å². The van der Waals surface area contributed by atoms with Crippen molar-refractivity contribution in [1.82, 2.24) is 9.80 Å². The molecule has 1 aromatic rings. The summed E-state index contributed by atoms with van der Waals surface area (Å²) in [6.07, 6.45) is -1.93. The number of fused-ring (bicyclic) bond motifs is 3. The zero-order chi connectivity index (χ0) is 29.4. The summed E-state index contributed by atoms with van der Waals surface area (Å²) in [5, 5.41) is 56.8. The molecule has 0 unspecified atom stereocenters. The van der Waals surface area contributed by atoms with Gasteiger partial charge in [-0.1, -0.05) is 18.7 Å². The van der Waals surface area contributed by atoms with E-state index >= 15 is 0 Å². The zero-order valence-corrected chi connectivity index (χ0v) is 22.1. The lowest BCUT2D eigenvalue weighted by atomic mass is 9.56. The van der Waals surface area contributed by atoms with Gasteiger partial charge in [-0.15, -0.1) is 0 Å². The van der Waals surface area contributed by atoms with E-state index < -0.39 is 81.6 Å². The predicted octanol–water partition coefficient (Wildman–Crippen LogP) is 0.496. The van der Waals surface area contributed by atoms with Crippen LogP contribution in [-0.2, 0) is 16.1 Å². The number of rotatable bonds is 4. The Hall–Kier alpha value is -3.58. The fourth-order valence-electron chi connectivity index (χ4n) is 6.73. The Labute approximate surface area is 229 Å². The number of halogens is 1. The first-order valence-electron chi connectivity index (χ1n) is 13.0. The number of phenolic OH excluding ortho intramolecular Hbond substituents is 1. The van der Waals surface area contributed by atoms with E-state index in [9.17, 15) is 44.3 Å². The number of carbonyl (C=O) groups excluding carboxylic acids is 3. The van der Waals surface area contributed by atoms with Gasteiger partial charge in [0.2, 0.25) is 5.78 Å². The van der Waals surface area contributed by atoms with Gasteiger partial charge in [-0.05, 0) is 38.1 Å². The van der Waals surface area contributed by atoms with Crippen LogP contribution in [0.1, 0.15) is 34.3 Å². The molecule has 3 aliphatic carbocycles. The van der Waals surface area contributed by atoms with E-state index in [2.05, 4.69) is 6.58 Å². The van der Waals surface area contributed by atoms with Crippen molar-refractivity contribution in [2.75, 3.05) is 27.2 Å². The van der Waals surface area contributed by atoms with Crippen LogP contribution in [0.4, 0.5) is 4.39 Å². The number of primary amides is 1. The number of Topliss-reactive ketones (excluding diaryl/α,β-unsaturated/α-hetero) is 2. The normalized spacial score (nSPS) is 31.4. The van der Waals surface area contributed by atoms with Crippen LogP contribution in [0.25, 0.3) is 5.57 Å². The molecule has 0 bridgehead atoms. The number of aliphatic hydroxyl groups is 4. The molecule has 7 N–H and O–H groups in total. The molecule has 0 aromatic heterocycles. The number of hydrogen-bond donors (Lipinski definition) is 6. The van der Waals surface area contributed by atoms with Crippen LogP contribution < -0.4 is 5.73 Å². The van der Waals surface area contributed by atoms with Crippen molar-refractivity contribution >= 4 is 23.0 Å². The maximum absolute atomic E-state index is 13.9. The summed E-state index contributed by atoms with van der Waals surface area (Å²) in [5.74, 6) is -8.97. The van der Waals surface area contributed by atoms with E-state index in [1.807, 2.05) is 4.90 Å². The molecule has 1 fully saturated rings. The van der Waals surface area contributed by atoms with Crippen molar-refractivity contribution < 1.29 is 44.3 Å². The van der Waals surface area contributed by atoms with Gasteiger partial charge in [-0.2, -0.15) is 0 Å². The molecule has 0 spiro atoms. The fourth-order valence-corrected chi connectivity index (χ4v) is 6.73. The summed E-state index contributed by atoms with van der Waals surface area (Å²) < 4.78 is 13.6. The smallest absolute Gasteiger partial charge is 0.255 e. The topological polar surface area (TPSA) is 185 Å². The number of likely N-dealkylation sites (N-methyl/N-ethyl adjacent to an activating group) is 1. The molecule has 5 atom stereocenters. The van der Waals surface area contributed by atoms with Crippen molar-refractivity contribution in [1.29, 1.82) is 0 Å². The molecule has 11 nitrogen and oxygen atoms in total. The number of piperidine rings is 1. The fraction of sp³-hybridized carbons (Fsp3) is 0.464. The first-order chi connectivity index (χ1) is 18.7. The molecule has 1 aliphatic heterocycles. The lowest BCUT2D eigenvalue weighted by Gasteiger charge is -2.52. The van der Waals surface area contributed by atoms with E-state index in [1.54, 1.807) is 12.1 Å². The van der Waals surface area contributed by atoms with Gasteiger partial charge in [0, 0.05) is 31.1 Å². The minimum atomic E-state index is -2.99. The molecular formula is C28H32FN3O8. The quantitative estimate of drug-likeness (QED) is 0.285. The summed E-state index contributed by atoms with van der Waals surface area (Å²) in [4.78, 5) is 42.7. The summed E-state index contributed by atoms with van der Waals surface area (Å²) in [5.41, 5.74) is 1.32. The lowest BCUT2D eigenvalue weighted by molar-refractivity contribution is -0.159. The maximum Gasteiger partial charge on any atom is 0.255 e. The van der Waals surface area contributed by atoms with Crippen molar-refractivity contribution in [2.24, 2.45) is 17.6 Å². The van der Waals surface area contributed by atoms with Crippen LogP contribution in [0.15, 0.2) is 41.4 Å². The second kappa shape index (κ2) is 9.51. The van der Waals surface area contributed by atoms with E-state index in [0.717, 1.165) is 0 Å². The van der Waals surface area contributed by atoms with Crippen molar-refractivity contribution in [3.8, 4) is 5.75 Å². The van der Waals surface area contributed by atoms with Gasteiger partial charge in [-0.3, -0.25) is 24.2 Å². The van der Waals surface area contributed by atoms with E-state index in [-0.39, 0.29) is 23.2 Å². The Morgan fingerprint density at radius 2 is 1.82 bits per heavy atom. The number of nitrogens with zero attached hydrogens (tertiary/aromatic N) is 2. The molecule has 40 heavy (non-hydrogen) atoms. The predicted molar refractivity (Wildman–Crippen MR) is 140 cm³/mol. The molecule has 12 heteroatoms. The van der Waals surface area contributed by atoms with Crippen LogP contribution in [0.5, 0.6) is 5.75 Å². The number of alkyl halides is 1. The molecule has 4 aliphatic rings. The minimum absolute atomic E-state index is 0.139. The summed E-state index contributed by atoms with van der Waals surface area (Å²) in [7, 11) is 2.93. The highest BCUT2D eigenvalue weighted by Gasteiger charge is 2.67. The monoisotopic (exact) mass is 557 g/mol. The van der Waals surface area contributed by atoms with Crippen molar-refractivity contribution in [3.05, 3.63) is 58.1 Å². The molecule has 0 radical (unpaired) electrons. The Kier molecular flexibility index (Phi) is 6.65. The van der Waals surface area contributed by atoms with Crippen LogP contribution in [0, 0.1) is 11.8 Å². The van der Waals surface area contributed by atoms with Gasteiger partial charge < -0.3 is 31.3 Å².